The van der Waals surface area contributed by atoms with Gasteiger partial charge in [0.2, 0.25) is 5.91 Å². The highest BCUT2D eigenvalue weighted by atomic mass is 16.3. The van der Waals surface area contributed by atoms with Crippen molar-refractivity contribution in [3.05, 3.63) is 48.6 Å². The van der Waals surface area contributed by atoms with Crippen molar-refractivity contribution in [2.24, 2.45) is 0 Å². The van der Waals surface area contributed by atoms with E-state index in [0.29, 0.717) is 19.5 Å². The lowest BCUT2D eigenvalue weighted by molar-refractivity contribution is -0.116. The van der Waals surface area contributed by atoms with Crippen LogP contribution in [0.1, 0.15) is 12.0 Å². The molecule has 1 heterocycles. The number of aliphatic hydroxyl groups is 1. The van der Waals surface area contributed by atoms with Crippen molar-refractivity contribution in [1.29, 1.82) is 0 Å². The molecule has 102 valence electrons. The van der Waals surface area contributed by atoms with Crippen molar-refractivity contribution in [2.45, 2.75) is 25.1 Å². The van der Waals surface area contributed by atoms with E-state index in [1.54, 1.807) is 0 Å². The first kappa shape index (κ1) is 13.8. The van der Waals surface area contributed by atoms with E-state index in [4.69, 9.17) is 0 Å². The number of rotatable bonds is 5. The van der Waals surface area contributed by atoms with Crippen LogP contribution in [-0.2, 0) is 11.3 Å². The maximum absolute atomic E-state index is 11.2. The van der Waals surface area contributed by atoms with Gasteiger partial charge in [-0.05, 0) is 18.1 Å². The van der Waals surface area contributed by atoms with Gasteiger partial charge >= 0.3 is 0 Å². The molecule has 0 unspecified atom stereocenters. The summed E-state index contributed by atoms with van der Waals surface area (Å²) in [6.07, 6.45) is 1.66. The van der Waals surface area contributed by atoms with Crippen LogP contribution in [-0.4, -0.2) is 41.1 Å². The van der Waals surface area contributed by atoms with E-state index in [0.717, 1.165) is 6.54 Å². The van der Waals surface area contributed by atoms with Crippen molar-refractivity contribution < 1.29 is 9.90 Å². The van der Waals surface area contributed by atoms with Crippen LogP contribution in [0.4, 0.5) is 0 Å². The van der Waals surface area contributed by atoms with Crippen molar-refractivity contribution in [3.8, 4) is 0 Å². The monoisotopic (exact) mass is 260 g/mol. The van der Waals surface area contributed by atoms with Gasteiger partial charge in [0.05, 0.1) is 6.10 Å². The van der Waals surface area contributed by atoms with E-state index in [1.165, 1.54) is 11.6 Å². The third-order valence-corrected chi connectivity index (χ3v) is 3.43. The third kappa shape index (κ3) is 3.91. The molecule has 1 saturated heterocycles. The van der Waals surface area contributed by atoms with Gasteiger partial charge in [-0.1, -0.05) is 36.9 Å². The van der Waals surface area contributed by atoms with Gasteiger partial charge in [-0.15, -0.1) is 0 Å². The Morgan fingerprint density at radius 1 is 1.47 bits per heavy atom. The summed E-state index contributed by atoms with van der Waals surface area (Å²) in [4.78, 5) is 13.4. The number of β-amino-alcohol motifs (C(OH)–C–C–N with tert-alkyl or cyclic N) is 1. The minimum absolute atomic E-state index is 0.166. The molecule has 0 bridgehead atoms. The number of nitrogens with zero attached hydrogens (tertiary/aromatic N) is 1. The molecule has 1 amide bonds. The van der Waals surface area contributed by atoms with Crippen LogP contribution < -0.4 is 5.32 Å². The van der Waals surface area contributed by atoms with E-state index >= 15 is 0 Å². The molecule has 1 aliphatic heterocycles. The number of carbonyl (C=O) groups excluding carboxylic acids is 1. The van der Waals surface area contributed by atoms with Crippen molar-refractivity contribution >= 4 is 5.91 Å². The summed E-state index contributed by atoms with van der Waals surface area (Å²) in [7, 11) is 0. The van der Waals surface area contributed by atoms with Crippen LogP contribution in [0, 0.1) is 0 Å². The molecule has 2 rings (SSSR count). The Morgan fingerprint density at radius 3 is 2.89 bits per heavy atom. The molecule has 2 N–H and O–H groups in total. The second kappa shape index (κ2) is 6.50. The smallest absolute Gasteiger partial charge is 0.243 e. The summed E-state index contributed by atoms with van der Waals surface area (Å²) in [5.74, 6) is -0.166. The average Bonchev–Trinajstić information content (AvgIpc) is 2.77. The summed E-state index contributed by atoms with van der Waals surface area (Å²) < 4.78 is 0. The predicted molar refractivity (Wildman–Crippen MR) is 74.5 cm³/mol. The summed E-state index contributed by atoms with van der Waals surface area (Å²) in [5.41, 5.74) is 1.22. The molecule has 1 aromatic rings. The second-order valence-electron chi connectivity index (χ2n) is 4.91. The van der Waals surface area contributed by atoms with E-state index in [-0.39, 0.29) is 18.1 Å². The molecule has 0 spiro atoms. The van der Waals surface area contributed by atoms with Crippen LogP contribution in [0.25, 0.3) is 0 Å². The van der Waals surface area contributed by atoms with Crippen molar-refractivity contribution in [2.75, 3.05) is 13.1 Å². The Morgan fingerprint density at radius 2 is 2.21 bits per heavy atom. The SMILES string of the molecule is C=CC(=O)NC[C@H]1C[C@H](O)CN1Cc1ccccc1. The average molecular weight is 260 g/mol. The van der Waals surface area contributed by atoms with Gasteiger partial charge in [0.25, 0.3) is 0 Å². The van der Waals surface area contributed by atoms with Gasteiger partial charge in [-0.3, -0.25) is 9.69 Å². The van der Waals surface area contributed by atoms with Crippen molar-refractivity contribution in [1.82, 2.24) is 10.2 Å². The van der Waals surface area contributed by atoms with Crippen LogP contribution in [0.2, 0.25) is 0 Å². The molecule has 4 heteroatoms. The first-order valence-electron chi connectivity index (χ1n) is 6.55. The Kier molecular flexibility index (Phi) is 4.71. The molecule has 2 atom stereocenters. The zero-order chi connectivity index (χ0) is 13.7. The van der Waals surface area contributed by atoms with Crippen LogP contribution in [0.5, 0.6) is 0 Å². The standard InChI is InChI=1S/C15H20N2O2/c1-2-15(19)16-9-13-8-14(18)11-17(13)10-12-6-4-3-5-7-12/h2-7,13-14,18H,1,8-11H2,(H,16,19)/t13-,14+/m1/s1. The highest BCUT2D eigenvalue weighted by Crippen LogP contribution is 2.20. The fourth-order valence-corrected chi connectivity index (χ4v) is 2.47. The number of nitrogens with one attached hydrogen (secondary N) is 1. The van der Waals surface area contributed by atoms with Gasteiger partial charge in [-0.25, -0.2) is 0 Å². The first-order chi connectivity index (χ1) is 9.19. The zero-order valence-electron chi connectivity index (χ0n) is 11.0. The molecular weight excluding hydrogens is 240 g/mol. The number of carbonyl (C=O) groups is 1. The largest absolute Gasteiger partial charge is 0.392 e. The van der Waals surface area contributed by atoms with Gasteiger partial charge in [0.15, 0.2) is 0 Å². The molecule has 1 fully saturated rings. The molecule has 1 aromatic carbocycles. The first-order valence-corrected chi connectivity index (χ1v) is 6.55. The Bertz CT molecular complexity index is 433. The zero-order valence-corrected chi connectivity index (χ0v) is 11.0. The highest BCUT2D eigenvalue weighted by Gasteiger charge is 2.30. The van der Waals surface area contributed by atoms with E-state index < -0.39 is 0 Å². The second-order valence-corrected chi connectivity index (χ2v) is 4.91. The summed E-state index contributed by atoms with van der Waals surface area (Å²) >= 11 is 0. The number of aliphatic hydroxyl groups excluding tert-OH is 1. The summed E-state index contributed by atoms with van der Waals surface area (Å²) in [6, 6.07) is 10.3. The molecule has 0 aliphatic carbocycles. The van der Waals surface area contributed by atoms with Gasteiger partial charge in [0, 0.05) is 25.7 Å². The van der Waals surface area contributed by atoms with Crippen molar-refractivity contribution in [3.63, 3.8) is 0 Å². The van der Waals surface area contributed by atoms with Gasteiger partial charge in [0.1, 0.15) is 0 Å². The quantitative estimate of drug-likeness (QED) is 0.774. The number of hydrogen-bond donors (Lipinski definition) is 2. The predicted octanol–water partition coefficient (Wildman–Crippen LogP) is 0.924. The molecule has 0 aromatic heterocycles. The fraction of sp³-hybridized carbons (Fsp3) is 0.400. The topological polar surface area (TPSA) is 52.6 Å². The number of amides is 1. The Hall–Kier alpha value is -1.65. The number of benzene rings is 1. The maximum Gasteiger partial charge on any atom is 0.243 e. The third-order valence-electron chi connectivity index (χ3n) is 3.43. The molecule has 0 radical (unpaired) electrons. The minimum atomic E-state index is -0.311. The molecule has 4 nitrogen and oxygen atoms in total. The Balaban J connectivity index is 1.93. The van der Waals surface area contributed by atoms with E-state index in [9.17, 15) is 9.90 Å². The van der Waals surface area contributed by atoms with Gasteiger partial charge in [-0.2, -0.15) is 0 Å². The van der Waals surface area contributed by atoms with Crippen LogP contribution in [0.3, 0.4) is 0 Å². The maximum atomic E-state index is 11.2. The van der Waals surface area contributed by atoms with E-state index in [2.05, 4.69) is 28.9 Å². The Labute approximate surface area is 113 Å². The minimum Gasteiger partial charge on any atom is -0.392 e. The van der Waals surface area contributed by atoms with Gasteiger partial charge < -0.3 is 10.4 Å². The van der Waals surface area contributed by atoms with E-state index in [1.807, 2.05) is 18.2 Å². The lowest BCUT2D eigenvalue weighted by Crippen LogP contribution is -2.39. The summed E-state index contributed by atoms with van der Waals surface area (Å²) in [5, 5.41) is 12.6. The molecule has 0 saturated carbocycles. The summed E-state index contributed by atoms with van der Waals surface area (Å²) in [6.45, 7) is 5.44. The van der Waals surface area contributed by atoms with Crippen LogP contribution in [0.15, 0.2) is 43.0 Å². The molecule has 19 heavy (non-hydrogen) atoms. The normalized spacial score (nSPS) is 23.2. The van der Waals surface area contributed by atoms with Crippen LogP contribution >= 0.6 is 0 Å². The molecule has 1 aliphatic rings. The number of likely N-dealkylation sites (tertiary alicyclic amines) is 1. The highest BCUT2D eigenvalue weighted by molar-refractivity contribution is 5.86. The fourth-order valence-electron chi connectivity index (χ4n) is 2.47. The lowest BCUT2D eigenvalue weighted by atomic mass is 10.1. The lowest BCUT2D eigenvalue weighted by Gasteiger charge is -2.24. The number of hydrogen-bond acceptors (Lipinski definition) is 3. The molecular formula is C15H20N2O2.